The molecule has 0 radical (unpaired) electrons. The fourth-order valence-electron chi connectivity index (χ4n) is 2.55. The molecule has 1 N–H and O–H groups in total. The molecule has 0 atom stereocenters. The van der Waals surface area contributed by atoms with Gasteiger partial charge in [0.1, 0.15) is 5.75 Å². The van der Waals surface area contributed by atoms with Gasteiger partial charge in [0.25, 0.3) is 0 Å². The third-order valence-corrected chi connectivity index (χ3v) is 3.87. The summed E-state index contributed by atoms with van der Waals surface area (Å²) in [6, 6.07) is 7.80. The summed E-state index contributed by atoms with van der Waals surface area (Å²) < 4.78 is 10.9. The van der Waals surface area contributed by atoms with Crippen LogP contribution in [0.2, 0.25) is 0 Å². The van der Waals surface area contributed by atoms with Crippen LogP contribution in [0.4, 0.5) is 0 Å². The van der Waals surface area contributed by atoms with E-state index in [0.29, 0.717) is 13.2 Å². The van der Waals surface area contributed by atoms with E-state index in [2.05, 4.69) is 5.32 Å². The van der Waals surface area contributed by atoms with Gasteiger partial charge in [-0.2, -0.15) is 0 Å². The van der Waals surface area contributed by atoms with Crippen molar-refractivity contribution in [3.63, 3.8) is 0 Å². The molecule has 0 unspecified atom stereocenters. The second-order valence-electron chi connectivity index (χ2n) is 5.81. The van der Waals surface area contributed by atoms with Gasteiger partial charge in [0.05, 0.1) is 18.6 Å². The molecule has 1 fully saturated rings. The van der Waals surface area contributed by atoms with Gasteiger partial charge in [-0.25, -0.2) is 0 Å². The van der Waals surface area contributed by atoms with Crippen LogP contribution < -0.4 is 10.1 Å². The number of hydrogen-bond donors (Lipinski definition) is 1. The van der Waals surface area contributed by atoms with Crippen LogP contribution in [-0.2, 0) is 14.9 Å². The highest BCUT2D eigenvalue weighted by Crippen LogP contribution is 2.51. The lowest BCUT2D eigenvalue weighted by Gasteiger charge is -2.18. The van der Waals surface area contributed by atoms with Gasteiger partial charge in [0.15, 0.2) is 0 Å². The van der Waals surface area contributed by atoms with E-state index in [-0.39, 0.29) is 17.4 Å². The number of rotatable bonds is 8. The van der Waals surface area contributed by atoms with Crippen LogP contribution >= 0.6 is 0 Å². The zero-order valence-corrected chi connectivity index (χ0v) is 13.1. The van der Waals surface area contributed by atoms with Gasteiger partial charge >= 0.3 is 0 Å². The number of amides is 1. The molecule has 4 heteroatoms. The van der Waals surface area contributed by atoms with E-state index in [4.69, 9.17) is 9.47 Å². The first kappa shape index (κ1) is 15.8. The number of carbonyl (C=O) groups excluding carboxylic acids is 1. The van der Waals surface area contributed by atoms with E-state index < -0.39 is 0 Å². The van der Waals surface area contributed by atoms with Gasteiger partial charge in [-0.3, -0.25) is 4.79 Å². The molecule has 1 aliphatic carbocycles. The van der Waals surface area contributed by atoms with Crippen molar-refractivity contribution in [2.45, 2.75) is 44.6 Å². The largest absolute Gasteiger partial charge is 0.496 e. The molecule has 1 saturated carbocycles. The topological polar surface area (TPSA) is 47.6 Å². The highest BCUT2D eigenvalue weighted by molar-refractivity contribution is 5.92. The minimum atomic E-state index is -0.383. The molecule has 0 bridgehead atoms. The predicted octanol–water partition coefficient (Wildman–Crippen LogP) is 2.66. The molecular weight excluding hydrogens is 266 g/mol. The Morgan fingerprint density at radius 1 is 1.33 bits per heavy atom. The summed E-state index contributed by atoms with van der Waals surface area (Å²) in [6.07, 6.45) is 2.86. The molecule has 1 aliphatic rings. The van der Waals surface area contributed by atoms with Crippen LogP contribution in [0.1, 0.15) is 38.7 Å². The standard InChI is InChI=1S/C17H25NO3/c1-13(2)21-12-6-11-18-16(19)17(9-10-17)14-7-4-5-8-15(14)20-3/h4-5,7-8,13H,6,9-12H2,1-3H3,(H,18,19). The zero-order chi connectivity index (χ0) is 15.3. The molecule has 1 aromatic rings. The Morgan fingerprint density at radius 2 is 2.05 bits per heavy atom. The van der Waals surface area contributed by atoms with Crippen LogP contribution in [0.5, 0.6) is 5.75 Å². The molecule has 0 spiro atoms. The van der Waals surface area contributed by atoms with Crippen molar-refractivity contribution in [2.75, 3.05) is 20.3 Å². The van der Waals surface area contributed by atoms with Gasteiger partial charge < -0.3 is 14.8 Å². The van der Waals surface area contributed by atoms with E-state index in [0.717, 1.165) is 30.6 Å². The van der Waals surface area contributed by atoms with Gasteiger partial charge in [-0.15, -0.1) is 0 Å². The summed E-state index contributed by atoms with van der Waals surface area (Å²) in [5, 5.41) is 3.03. The monoisotopic (exact) mass is 291 g/mol. The van der Waals surface area contributed by atoms with Crippen molar-refractivity contribution in [1.82, 2.24) is 5.32 Å². The number of ether oxygens (including phenoxy) is 2. The highest BCUT2D eigenvalue weighted by Gasteiger charge is 2.52. The van der Waals surface area contributed by atoms with Crippen molar-refractivity contribution in [1.29, 1.82) is 0 Å². The SMILES string of the molecule is COc1ccccc1C1(C(=O)NCCCOC(C)C)CC1. The summed E-state index contributed by atoms with van der Waals surface area (Å²) in [4.78, 5) is 12.5. The Kier molecular flexibility index (Phi) is 5.23. The fourth-order valence-corrected chi connectivity index (χ4v) is 2.55. The molecule has 0 aliphatic heterocycles. The van der Waals surface area contributed by atoms with Gasteiger partial charge in [0, 0.05) is 18.7 Å². The number of carbonyl (C=O) groups is 1. The lowest BCUT2D eigenvalue weighted by Crippen LogP contribution is -2.36. The van der Waals surface area contributed by atoms with Crippen molar-refractivity contribution in [2.24, 2.45) is 0 Å². The lowest BCUT2D eigenvalue weighted by molar-refractivity contribution is -0.123. The quantitative estimate of drug-likeness (QED) is 0.749. The Balaban J connectivity index is 1.90. The van der Waals surface area contributed by atoms with E-state index in [9.17, 15) is 4.79 Å². The lowest BCUT2D eigenvalue weighted by atomic mass is 9.94. The van der Waals surface area contributed by atoms with E-state index in [1.54, 1.807) is 7.11 Å². The summed E-state index contributed by atoms with van der Waals surface area (Å²) in [5.74, 6) is 0.907. The number of para-hydroxylation sites is 1. The Bertz CT molecular complexity index is 481. The Labute approximate surface area is 126 Å². The van der Waals surface area contributed by atoms with E-state index in [1.807, 2.05) is 38.1 Å². The number of hydrogen-bond acceptors (Lipinski definition) is 3. The van der Waals surface area contributed by atoms with E-state index in [1.165, 1.54) is 0 Å². The fraction of sp³-hybridized carbons (Fsp3) is 0.588. The van der Waals surface area contributed by atoms with Crippen molar-refractivity contribution in [3.8, 4) is 5.75 Å². The van der Waals surface area contributed by atoms with Crippen molar-refractivity contribution < 1.29 is 14.3 Å². The first-order valence-electron chi connectivity index (χ1n) is 7.63. The highest BCUT2D eigenvalue weighted by atomic mass is 16.5. The predicted molar refractivity (Wildman–Crippen MR) is 82.6 cm³/mol. The summed E-state index contributed by atoms with van der Waals surface area (Å²) >= 11 is 0. The third-order valence-electron chi connectivity index (χ3n) is 3.87. The van der Waals surface area contributed by atoms with Crippen LogP contribution in [0, 0.1) is 0 Å². The maximum atomic E-state index is 12.5. The van der Waals surface area contributed by atoms with Crippen molar-refractivity contribution in [3.05, 3.63) is 29.8 Å². The summed E-state index contributed by atoms with van der Waals surface area (Å²) in [5.41, 5.74) is 0.620. The molecule has 2 rings (SSSR count). The molecule has 116 valence electrons. The molecule has 1 amide bonds. The smallest absolute Gasteiger partial charge is 0.230 e. The van der Waals surface area contributed by atoms with Crippen molar-refractivity contribution >= 4 is 5.91 Å². The molecule has 0 heterocycles. The second kappa shape index (κ2) is 6.94. The molecular formula is C17H25NO3. The van der Waals surface area contributed by atoms with E-state index >= 15 is 0 Å². The minimum Gasteiger partial charge on any atom is -0.496 e. The Hall–Kier alpha value is -1.55. The minimum absolute atomic E-state index is 0.108. The Morgan fingerprint density at radius 3 is 2.67 bits per heavy atom. The van der Waals surface area contributed by atoms with Crippen LogP contribution in [-0.4, -0.2) is 32.3 Å². The van der Waals surface area contributed by atoms with Crippen LogP contribution in [0.15, 0.2) is 24.3 Å². The summed E-state index contributed by atoms with van der Waals surface area (Å²) in [7, 11) is 1.65. The third kappa shape index (κ3) is 3.76. The zero-order valence-electron chi connectivity index (χ0n) is 13.1. The van der Waals surface area contributed by atoms with Gasteiger partial charge in [0.2, 0.25) is 5.91 Å². The van der Waals surface area contributed by atoms with Gasteiger partial charge in [-0.1, -0.05) is 18.2 Å². The first-order valence-corrected chi connectivity index (χ1v) is 7.63. The first-order chi connectivity index (χ1) is 10.1. The number of nitrogens with one attached hydrogen (secondary N) is 1. The normalized spacial score (nSPS) is 15.8. The molecule has 0 saturated heterocycles. The number of methoxy groups -OCH3 is 1. The summed E-state index contributed by atoms with van der Waals surface area (Å²) in [6.45, 7) is 5.36. The van der Waals surface area contributed by atoms with Crippen LogP contribution in [0.25, 0.3) is 0 Å². The maximum Gasteiger partial charge on any atom is 0.230 e. The average molecular weight is 291 g/mol. The average Bonchev–Trinajstić information content (AvgIpc) is 3.28. The molecule has 1 aromatic carbocycles. The maximum absolute atomic E-state index is 12.5. The van der Waals surface area contributed by atoms with Gasteiger partial charge in [-0.05, 0) is 39.2 Å². The molecule has 21 heavy (non-hydrogen) atoms. The van der Waals surface area contributed by atoms with Crippen LogP contribution in [0.3, 0.4) is 0 Å². The number of benzene rings is 1. The molecule has 0 aromatic heterocycles. The second-order valence-corrected chi connectivity index (χ2v) is 5.81. The molecule has 4 nitrogen and oxygen atoms in total.